The van der Waals surface area contributed by atoms with E-state index in [1.807, 2.05) is 26.0 Å². The van der Waals surface area contributed by atoms with Crippen LogP contribution in [0.25, 0.3) is 11.3 Å². The first-order chi connectivity index (χ1) is 17.7. The Morgan fingerprint density at radius 2 is 2.00 bits per heavy atom. The number of aliphatic hydroxyl groups is 1. The molecule has 0 saturated carbocycles. The van der Waals surface area contributed by atoms with Crippen LogP contribution in [0.4, 0.5) is 5.95 Å². The molecule has 0 aliphatic carbocycles. The van der Waals surface area contributed by atoms with Crippen LogP contribution in [0.2, 0.25) is 5.02 Å². The maximum Gasteiger partial charge on any atom is 0.255 e. The second-order valence-corrected chi connectivity index (χ2v) is 9.43. The van der Waals surface area contributed by atoms with Crippen molar-refractivity contribution < 1.29 is 19.4 Å². The molecule has 3 aromatic rings. The predicted octanol–water partition coefficient (Wildman–Crippen LogP) is 3.22. The second-order valence-electron chi connectivity index (χ2n) is 9.02. The number of rotatable bonds is 9. The van der Waals surface area contributed by atoms with Crippen LogP contribution in [-0.2, 0) is 11.3 Å². The van der Waals surface area contributed by atoms with E-state index in [-0.39, 0.29) is 25.1 Å². The fraction of sp³-hybridized carbons (Fsp3) is 0.346. The van der Waals surface area contributed by atoms with Crippen LogP contribution in [-0.4, -0.2) is 62.6 Å². The van der Waals surface area contributed by atoms with E-state index in [1.165, 1.54) is 18.2 Å². The third-order valence-electron chi connectivity index (χ3n) is 6.03. The zero-order valence-electron chi connectivity index (χ0n) is 21.0. The summed E-state index contributed by atoms with van der Waals surface area (Å²) in [4.78, 5) is 40.9. The average Bonchev–Trinajstić information content (AvgIpc) is 3.23. The number of halogens is 1. The lowest BCUT2D eigenvalue weighted by molar-refractivity contribution is -0.126. The summed E-state index contributed by atoms with van der Waals surface area (Å²) in [6.07, 6.45) is 1.52. The van der Waals surface area contributed by atoms with Gasteiger partial charge < -0.3 is 25.4 Å². The van der Waals surface area contributed by atoms with Crippen molar-refractivity contribution >= 4 is 29.4 Å². The van der Waals surface area contributed by atoms with Crippen LogP contribution >= 0.6 is 11.6 Å². The van der Waals surface area contributed by atoms with Gasteiger partial charge in [0.1, 0.15) is 6.04 Å². The molecule has 0 bridgehead atoms. The van der Waals surface area contributed by atoms with Gasteiger partial charge in [0.25, 0.3) is 5.91 Å². The number of nitrogens with zero attached hydrogens (tertiary/aromatic N) is 4. The Balaban J connectivity index is 1.52. The van der Waals surface area contributed by atoms with E-state index < -0.39 is 18.0 Å². The number of nitrogens with one attached hydrogen (secondary N) is 2. The Bertz CT molecular complexity index is 1320. The largest absolute Gasteiger partial charge is 0.481 e. The van der Waals surface area contributed by atoms with E-state index in [0.717, 1.165) is 5.56 Å². The fourth-order valence-corrected chi connectivity index (χ4v) is 4.27. The molecular weight excluding hydrogens is 496 g/mol. The first-order valence-corrected chi connectivity index (χ1v) is 12.2. The monoisotopic (exact) mass is 524 g/mol. The Morgan fingerprint density at radius 1 is 1.22 bits per heavy atom. The topological polar surface area (TPSA) is 130 Å². The van der Waals surface area contributed by atoms with E-state index in [4.69, 9.17) is 16.3 Å². The highest BCUT2D eigenvalue weighted by molar-refractivity contribution is 6.33. The summed E-state index contributed by atoms with van der Waals surface area (Å²) in [6.45, 7) is 5.53. The summed E-state index contributed by atoms with van der Waals surface area (Å²) in [5.41, 5.74) is 2.92. The number of carbonyl (C=O) groups is 2. The number of aliphatic hydroxyl groups excluding tert-OH is 1. The molecule has 2 atom stereocenters. The van der Waals surface area contributed by atoms with Crippen molar-refractivity contribution in [3.63, 3.8) is 0 Å². The van der Waals surface area contributed by atoms with Crippen molar-refractivity contribution in [1.29, 1.82) is 0 Å². The maximum atomic E-state index is 13.3. The van der Waals surface area contributed by atoms with Gasteiger partial charge in [0.05, 0.1) is 42.4 Å². The van der Waals surface area contributed by atoms with Gasteiger partial charge in [0.2, 0.25) is 17.7 Å². The van der Waals surface area contributed by atoms with Crippen LogP contribution in [0, 0.1) is 0 Å². The summed E-state index contributed by atoms with van der Waals surface area (Å²) >= 11 is 6.37. The van der Waals surface area contributed by atoms with Gasteiger partial charge in [-0.15, -0.1) is 0 Å². The average molecular weight is 525 g/mol. The molecule has 10 nitrogen and oxygen atoms in total. The van der Waals surface area contributed by atoms with Crippen molar-refractivity contribution in [2.45, 2.75) is 45.4 Å². The summed E-state index contributed by atoms with van der Waals surface area (Å²) in [7, 11) is 1.49. The first kappa shape index (κ1) is 26.3. The highest BCUT2D eigenvalue weighted by atomic mass is 35.5. The van der Waals surface area contributed by atoms with Gasteiger partial charge in [-0.1, -0.05) is 29.8 Å². The number of methoxy groups -OCH3 is 1. The number of hydrogen-bond acceptors (Lipinski definition) is 8. The van der Waals surface area contributed by atoms with Gasteiger partial charge in [-0.25, -0.2) is 15.0 Å². The zero-order chi connectivity index (χ0) is 26.7. The van der Waals surface area contributed by atoms with E-state index >= 15 is 0 Å². The van der Waals surface area contributed by atoms with Crippen LogP contribution in [0.5, 0.6) is 5.88 Å². The Morgan fingerprint density at radius 3 is 2.70 bits per heavy atom. The molecule has 0 saturated heterocycles. The van der Waals surface area contributed by atoms with E-state index in [0.29, 0.717) is 39.4 Å². The summed E-state index contributed by atoms with van der Waals surface area (Å²) in [5, 5.41) is 16.2. The van der Waals surface area contributed by atoms with Gasteiger partial charge in [-0.3, -0.25) is 9.59 Å². The molecule has 4 rings (SSSR count). The molecule has 2 aromatic heterocycles. The Kier molecular flexibility index (Phi) is 7.89. The third kappa shape index (κ3) is 5.65. The number of pyridine rings is 1. The molecule has 2 amide bonds. The van der Waals surface area contributed by atoms with Gasteiger partial charge in [0, 0.05) is 29.8 Å². The molecule has 37 heavy (non-hydrogen) atoms. The van der Waals surface area contributed by atoms with Crippen molar-refractivity contribution in [1.82, 2.24) is 25.2 Å². The Hall–Kier alpha value is -3.76. The fourth-order valence-electron chi connectivity index (χ4n) is 4.07. The molecule has 1 aliphatic rings. The Labute approximate surface area is 220 Å². The van der Waals surface area contributed by atoms with E-state index in [1.54, 1.807) is 31.2 Å². The minimum Gasteiger partial charge on any atom is -0.481 e. The smallest absolute Gasteiger partial charge is 0.255 e. The second kappa shape index (κ2) is 11.1. The van der Waals surface area contributed by atoms with Crippen molar-refractivity contribution in [2.24, 2.45) is 0 Å². The lowest BCUT2D eigenvalue weighted by atomic mass is 10.0. The number of amides is 2. The molecule has 2 unspecified atom stereocenters. The minimum atomic E-state index is -0.785. The van der Waals surface area contributed by atoms with E-state index in [2.05, 4.69) is 25.6 Å². The number of anilines is 1. The third-order valence-corrected chi connectivity index (χ3v) is 6.31. The van der Waals surface area contributed by atoms with Gasteiger partial charge >= 0.3 is 0 Å². The minimum absolute atomic E-state index is 0.141. The molecule has 11 heteroatoms. The highest BCUT2D eigenvalue weighted by Gasteiger charge is 2.35. The molecule has 1 aromatic carbocycles. The predicted molar refractivity (Wildman–Crippen MR) is 139 cm³/mol. The molecule has 3 heterocycles. The molecule has 1 aliphatic heterocycles. The van der Waals surface area contributed by atoms with Gasteiger partial charge in [-0.05, 0) is 38.5 Å². The quantitative estimate of drug-likeness (QED) is 0.389. The van der Waals surface area contributed by atoms with Crippen molar-refractivity contribution in [2.75, 3.05) is 19.0 Å². The number of ether oxygens (including phenoxy) is 1. The number of fused-ring (bicyclic) bond motifs is 1. The molecular formula is C26H29ClN6O4. The summed E-state index contributed by atoms with van der Waals surface area (Å²) in [5.74, 6) is 0.130. The maximum absolute atomic E-state index is 13.3. The number of benzene rings is 1. The molecule has 0 spiro atoms. The van der Waals surface area contributed by atoms with Crippen LogP contribution < -0.4 is 15.4 Å². The molecule has 194 valence electrons. The van der Waals surface area contributed by atoms with E-state index in [9.17, 15) is 14.7 Å². The number of carbonyl (C=O) groups excluding carboxylic acids is 2. The van der Waals surface area contributed by atoms with Crippen LogP contribution in [0.15, 0.2) is 42.6 Å². The van der Waals surface area contributed by atoms with Crippen molar-refractivity contribution in [3.05, 3.63) is 64.4 Å². The molecule has 0 fully saturated rings. The lowest BCUT2D eigenvalue weighted by Crippen LogP contribution is -2.46. The lowest BCUT2D eigenvalue weighted by Gasteiger charge is -2.25. The van der Waals surface area contributed by atoms with Crippen LogP contribution in [0.1, 0.15) is 48.4 Å². The summed E-state index contributed by atoms with van der Waals surface area (Å²) < 4.78 is 5.13. The van der Waals surface area contributed by atoms with Gasteiger partial charge in [-0.2, -0.15) is 0 Å². The number of aromatic nitrogens is 3. The SMILES string of the molecule is COc1cccc(C(CO)NC(=O)C(C)N2Cc3ccc(-c4nc(NC(C)C)ncc4Cl)cc3C2=O)n1. The van der Waals surface area contributed by atoms with Crippen LogP contribution in [0.3, 0.4) is 0 Å². The standard InChI is InChI=1S/C26H29ClN6O4/c1-14(2)29-26-28-11-19(27)23(32-26)16-8-9-17-12-33(25(36)18(17)10-16)15(3)24(35)31-21(13-34)20-6-5-7-22(30-20)37-4/h5-11,14-15,21,34H,12-13H2,1-4H3,(H,31,35)(H,28,29,32). The van der Waals surface area contributed by atoms with Gasteiger partial charge in [0.15, 0.2) is 0 Å². The summed E-state index contributed by atoms with van der Waals surface area (Å²) in [6, 6.07) is 9.14. The highest BCUT2D eigenvalue weighted by Crippen LogP contribution is 2.32. The zero-order valence-corrected chi connectivity index (χ0v) is 21.8. The molecule has 3 N–H and O–H groups in total. The molecule has 0 radical (unpaired) electrons. The normalized spacial score (nSPS) is 14.4. The number of hydrogen-bond donors (Lipinski definition) is 3. The first-order valence-electron chi connectivity index (χ1n) is 11.9. The van der Waals surface area contributed by atoms with Crippen molar-refractivity contribution in [3.8, 4) is 17.1 Å².